The minimum absolute atomic E-state index is 0.0480. The van der Waals surface area contributed by atoms with E-state index in [1.165, 1.54) is 6.07 Å². The second-order valence-electron chi connectivity index (χ2n) is 3.67. The number of aromatic nitrogens is 1. The SMILES string of the molecule is CCCNc1ccc2c(F)c(Br)cc(F)c2n1. The number of pyridine rings is 1. The van der Waals surface area contributed by atoms with E-state index >= 15 is 0 Å². The van der Waals surface area contributed by atoms with Gasteiger partial charge in [-0.05, 0) is 40.5 Å². The average Bonchev–Trinajstić information content (AvgIpc) is 2.33. The molecule has 0 spiro atoms. The Bertz CT molecular complexity index is 558. The summed E-state index contributed by atoms with van der Waals surface area (Å²) < 4.78 is 27.4. The number of nitrogens with zero attached hydrogens (tertiary/aromatic N) is 1. The molecule has 1 aromatic carbocycles. The molecule has 0 saturated carbocycles. The molecule has 0 aliphatic carbocycles. The molecule has 2 nitrogen and oxygen atoms in total. The highest BCUT2D eigenvalue weighted by Gasteiger charge is 2.12. The number of halogens is 3. The third kappa shape index (κ3) is 2.39. The van der Waals surface area contributed by atoms with Crippen LogP contribution in [0.1, 0.15) is 13.3 Å². The molecule has 0 saturated heterocycles. The Hall–Kier alpha value is -1.23. The summed E-state index contributed by atoms with van der Waals surface area (Å²) in [6, 6.07) is 4.27. The highest BCUT2D eigenvalue weighted by molar-refractivity contribution is 9.10. The van der Waals surface area contributed by atoms with Crippen LogP contribution in [0.2, 0.25) is 0 Å². The molecule has 0 bridgehead atoms. The van der Waals surface area contributed by atoms with Crippen molar-refractivity contribution in [3.63, 3.8) is 0 Å². The average molecular weight is 301 g/mol. The smallest absolute Gasteiger partial charge is 0.150 e. The maximum atomic E-state index is 13.7. The van der Waals surface area contributed by atoms with Gasteiger partial charge in [0, 0.05) is 11.9 Å². The van der Waals surface area contributed by atoms with Gasteiger partial charge in [0.15, 0.2) is 5.82 Å². The van der Waals surface area contributed by atoms with Crippen LogP contribution in [-0.4, -0.2) is 11.5 Å². The van der Waals surface area contributed by atoms with E-state index in [1.807, 2.05) is 6.92 Å². The molecule has 2 rings (SSSR count). The monoisotopic (exact) mass is 300 g/mol. The molecule has 90 valence electrons. The molecule has 1 N–H and O–H groups in total. The van der Waals surface area contributed by atoms with E-state index in [9.17, 15) is 8.78 Å². The molecule has 0 atom stereocenters. The van der Waals surface area contributed by atoms with E-state index in [4.69, 9.17) is 0 Å². The molecule has 0 aliphatic heterocycles. The summed E-state index contributed by atoms with van der Waals surface area (Å²) in [7, 11) is 0. The summed E-state index contributed by atoms with van der Waals surface area (Å²) in [5.41, 5.74) is 0.0480. The van der Waals surface area contributed by atoms with Gasteiger partial charge in [-0.25, -0.2) is 13.8 Å². The number of benzene rings is 1. The first-order chi connectivity index (χ1) is 8.13. The molecule has 17 heavy (non-hydrogen) atoms. The zero-order valence-corrected chi connectivity index (χ0v) is 10.8. The van der Waals surface area contributed by atoms with Crippen molar-refractivity contribution < 1.29 is 8.78 Å². The summed E-state index contributed by atoms with van der Waals surface area (Å²) in [5, 5.41) is 3.22. The second-order valence-corrected chi connectivity index (χ2v) is 4.53. The summed E-state index contributed by atoms with van der Waals surface area (Å²) in [6.45, 7) is 2.77. The maximum absolute atomic E-state index is 13.7. The first-order valence-corrected chi connectivity index (χ1v) is 6.11. The van der Waals surface area contributed by atoms with E-state index in [0.717, 1.165) is 19.0 Å². The quantitative estimate of drug-likeness (QED) is 0.863. The van der Waals surface area contributed by atoms with Crippen LogP contribution in [0.3, 0.4) is 0 Å². The number of hydrogen-bond donors (Lipinski definition) is 1. The van der Waals surface area contributed by atoms with Gasteiger partial charge in [-0.1, -0.05) is 6.92 Å². The van der Waals surface area contributed by atoms with Crippen molar-refractivity contribution in [3.8, 4) is 0 Å². The van der Waals surface area contributed by atoms with Crippen molar-refractivity contribution >= 4 is 32.7 Å². The summed E-state index contributed by atoms with van der Waals surface area (Å²) in [4.78, 5) is 4.07. The lowest BCUT2D eigenvalue weighted by molar-refractivity contribution is 0.610. The van der Waals surface area contributed by atoms with Gasteiger partial charge < -0.3 is 5.32 Å². The lowest BCUT2D eigenvalue weighted by atomic mass is 10.2. The highest BCUT2D eigenvalue weighted by Crippen LogP contribution is 2.27. The van der Waals surface area contributed by atoms with Crippen LogP contribution in [0.4, 0.5) is 14.6 Å². The fourth-order valence-electron chi connectivity index (χ4n) is 1.54. The fourth-order valence-corrected chi connectivity index (χ4v) is 1.96. The molecule has 1 aromatic heterocycles. The van der Waals surface area contributed by atoms with Gasteiger partial charge >= 0.3 is 0 Å². The van der Waals surface area contributed by atoms with Gasteiger partial charge in [-0.15, -0.1) is 0 Å². The number of rotatable bonds is 3. The minimum atomic E-state index is -0.534. The molecule has 0 fully saturated rings. The van der Waals surface area contributed by atoms with Gasteiger partial charge in [0.2, 0.25) is 0 Å². The van der Waals surface area contributed by atoms with Crippen LogP contribution in [0.25, 0.3) is 10.9 Å². The van der Waals surface area contributed by atoms with E-state index in [2.05, 4.69) is 26.2 Å². The van der Waals surface area contributed by atoms with Crippen LogP contribution in [0, 0.1) is 11.6 Å². The van der Waals surface area contributed by atoms with Crippen molar-refractivity contribution in [2.45, 2.75) is 13.3 Å². The lowest BCUT2D eigenvalue weighted by Crippen LogP contribution is -2.02. The molecule has 0 unspecified atom stereocenters. The number of anilines is 1. The summed E-state index contributed by atoms with van der Waals surface area (Å²) >= 11 is 2.97. The number of hydrogen-bond acceptors (Lipinski definition) is 2. The van der Waals surface area contributed by atoms with Gasteiger partial charge in [0.1, 0.15) is 17.2 Å². The van der Waals surface area contributed by atoms with Crippen LogP contribution >= 0.6 is 15.9 Å². The van der Waals surface area contributed by atoms with Crippen molar-refractivity contribution in [1.82, 2.24) is 4.98 Å². The van der Waals surface area contributed by atoms with Gasteiger partial charge in [-0.3, -0.25) is 0 Å². The molecule has 0 amide bonds. The molecule has 1 heterocycles. The van der Waals surface area contributed by atoms with Gasteiger partial charge in [0.05, 0.1) is 4.47 Å². The van der Waals surface area contributed by atoms with Crippen LogP contribution in [0.15, 0.2) is 22.7 Å². The van der Waals surface area contributed by atoms with Crippen LogP contribution in [0.5, 0.6) is 0 Å². The Morgan fingerprint density at radius 3 is 2.82 bits per heavy atom. The lowest BCUT2D eigenvalue weighted by Gasteiger charge is -2.07. The Morgan fingerprint density at radius 2 is 2.12 bits per heavy atom. The third-order valence-electron chi connectivity index (χ3n) is 2.38. The van der Waals surface area contributed by atoms with E-state index in [-0.39, 0.29) is 15.4 Å². The van der Waals surface area contributed by atoms with Crippen LogP contribution in [-0.2, 0) is 0 Å². The predicted molar refractivity (Wildman–Crippen MR) is 68.1 cm³/mol. The number of fused-ring (bicyclic) bond motifs is 1. The Kier molecular flexibility index (Phi) is 3.57. The highest BCUT2D eigenvalue weighted by atomic mass is 79.9. The van der Waals surface area contributed by atoms with E-state index in [1.54, 1.807) is 6.07 Å². The Labute approximate surface area is 106 Å². The largest absolute Gasteiger partial charge is 0.370 e. The Morgan fingerprint density at radius 1 is 1.35 bits per heavy atom. The predicted octanol–water partition coefficient (Wildman–Crippen LogP) is 4.10. The first kappa shape index (κ1) is 12.2. The van der Waals surface area contributed by atoms with E-state index in [0.29, 0.717) is 5.82 Å². The molecule has 5 heteroatoms. The molecule has 0 radical (unpaired) electrons. The zero-order chi connectivity index (χ0) is 12.4. The summed E-state index contributed by atoms with van der Waals surface area (Å²) in [5.74, 6) is -0.468. The standard InChI is InChI=1S/C12H11BrF2N2/c1-2-5-16-10-4-3-7-11(15)8(13)6-9(14)12(7)17-10/h3-4,6H,2,5H2,1H3,(H,16,17). The second kappa shape index (κ2) is 4.96. The maximum Gasteiger partial charge on any atom is 0.150 e. The first-order valence-electron chi connectivity index (χ1n) is 5.31. The molecular formula is C12H11BrF2N2. The van der Waals surface area contributed by atoms with E-state index < -0.39 is 11.6 Å². The molecule has 2 aromatic rings. The van der Waals surface area contributed by atoms with Gasteiger partial charge in [0.25, 0.3) is 0 Å². The van der Waals surface area contributed by atoms with Gasteiger partial charge in [-0.2, -0.15) is 0 Å². The third-order valence-corrected chi connectivity index (χ3v) is 2.95. The Balaban J connectivity index is 2.54. The topological polar surface area (TPSA) is 24.9 Å². The molecule has 0 aliphatic rings. The summed E-state index contributed by atoms with van der Waals surface area (Å²) in [6.07, 6.45) is 0.941. The van der Waals surface area contributed by atoms with Crippen molar-refractivity contribution in [1.29, 1.82) is 0 Å². The minimum Gasteiger partial charge on any atom is -0.370 e. The fraction of sp³-hybridized carbons (Fsp3) is 0.250. The van der Waals surface area contributed by atoms with Crippen molar-refractivity contribution in [3.05, 3.63) is 34.3 Å². The van der Waals surface area contributed by atoms with Crippen molar-refractivity contribution in [2.24, 2.45) is 0 Å². The molecular weight excluding hydrogens is 290 g/mol. The van der Waals surface area contributed by atoms with Crippen molar-refractivity contribution in [2.75, 3.05) is 11.9 Å². The van der Waals surface area contributed by atoms with Crippen LogP contribution < -0.4 is 5.32 Å². The number of nitrogens with one attached hydrogen (secondary N) is 1. The zero-order valence-electron chi connectivity index (χ0n) is 9.23. The normalized spacial score (nSPS) is 10.8.